The van der Waals surface area contributed by atoms with Gasteiger partial charge in [-0.05, 0) is 31.0 Å². The third-order valence-corrected chi connectivity index (χ3v) is 2.27. The molecule has 0 amide bonds. The van der Waals surface area contributed by atoms with Gasteiger partial charge in [0, 0.05) is 19.2 Å². The van der Waals surface area contributed by atoms with E-state index in [0.717, 1.165) is 25.0 Å². The number of nitrogens with one attached hydrogen (secondary N) is 1. The van der Waals surface area contributed by atoms with Crippen molar-refractivity contribution >= 4 is 11.6 Å². The fourth-order valence-corrected chi connectivity index (χ4v) is 1.45. The van der Waals surface area contributed by atoms with Gasteiger partial charge < -0.3 is 5.32 Å². The molecular formula is C12H14N4. The van der Waals surface area contributed by atoms with E-state index in [1.165, 1.54) is 5.56 Å². The molecule has 0 saturated heterocycles. The van der Waals surface area contributed by atoms with Crippen molar-refractivity contribution in [1.82, 2.24) is 14.6 Å². The molecule has 4 nitrogen and oxygen atoms in total. The lowest BCUT2D eigenvalue weighted by molar-refractivity contribution is 0.884. The molecule has 0 fully saturated rings. The normalized spacial score (nSPS) is 10.2. The largest absolute Gasteiger partial charge is 0.353 e. The third kappa shape index (κ3) is 2.31. The van der Waals surface area contributed by atoms with Crippen molar-refractivity contribution in [3.05, 3.63) is 23.9 Å². The van der Waals surface area contributed by atoms with Gasteiger partial charge in [-0.1, -0.05) is 0 Å². The Kier molecular flexibility index (Phi) is 3.06. The van der Waals surface area contributed by atoms with Gasteiger partial charge in [0.15, 0.2) is 5.65 Å². The summed E-state index contributed by atoms with van der Waals surface area (Å²) in [4.78, 5) is 4.36. The van der Waals surface area contributed by atoms with Crippen LogP contribution in [0.3, 0.4) is 0 Å². The van der Waals surface area contributed by atoms with Crippen molar-refractivity contribution in [2.75, 3.05) is 11.9 Å². The zero-order valence-corrected chi connectivity index (χ0v) is 9.27. The highest BCUT2D eigenvalue weighted by Crippen LogP contribution is 2.07. The van der Waals surface area contributed by atoms with Gasteiger partial charge >= 0.3 is 0 Å². The molecule has 1 N–H and O–H groups in total. The summed E-state index contributed by atoms with van der Waals surface area (Å²) in [5.74, 6) is 3.26. The lowest BCUT2D eigenvalue weighted by atomic mass is 10.3. The van der Waals surface area contributed by atoms with Crippen LogP contribution in [0, 0.1) is 19.3 Å². The maximum Gasteiger partial charge on any atom is 0.243 e. The zero-order valence-electron chi connectivity index (χ0n) is 9.27. The van der Waals surface area contributed by atoms with Crippen LogP contribution in [0.4, 0.5) is 5.95 Å². The number of nitrogens with zero attached hydrogens (tertiary/aromatic N) is 3. The topological polar surface area (TPSA) is 42.2 Å². The molecule has 0 unspecified atom stereocenters. The second kappa shape index (κ2) is 4.67. The van der Waals surface area contributed by atoms with Crippen LogP contribution in [0.1, 0.15) is 18.4 Å². The molecule has 16 heavy (non-hydrogen) atoms. The monoisotopic (exact) mass is 214 g/mol. The SMILES string of the molecule is C#CCCCNc1nc2cc(C)ccn2n1. The molecule has 0 spiro atoms. The van der Waals surface area contributed by atoms with E-state index >= 15 is 0 Å². The number of hydrogen-bond donors (Lipinski definition) is 1. The second-order valence-corrected chi connectivity index (χ2v) is 3.68. The number of aromatic nitrogens is 3. The number of anilines is 1. The minimum atomic E-state index is 0.655. The Morgan fingerprint density at radius 3 is 3.25 bits per heavy atom. The summed E-state index contributed by atoms with van der Waals surface area (Å²) in [6.45, 7) is 2.84. The van der Waals surface area contributed by atoms with Gasteiger partial charge in [-0.25, -0.2) is 4.52 Å². The van der Waals surface area contributed by atoms with E-state index in [0.29, 0.717) is 5.95 Å². The van der Waals surface area contributed by atoms with Crippen LogP contribution in [0.15, 0.2) is 18.3 Å². The van der Waals surface area contributed by atoms with Gasteiger partial charge in [-0.3, -0.25) is 0 Å². The fourth-order valence-electron chi connectivity index (χ4n) is 1.45. The second-order valence-electron chi connectivity index (χ2n) is 3.68. The molecular weight excluding hydrogens is 200 g/mol. The van der Waals surface area contributed by atoms with E-state index < -0.39 is 0 Å². The molecule has 0 saturated carbocycles. The zero-order chi connectivity index (χ0) is 11.4. The van der Waals surface area contributed by atoms with Crippen LogP contribution in [0.25, 0.3) is 5.65 Å². The Balaban J connectivity index is 2.06. The van der Waals surface area contributed by atoms with Crippen molar-refractivity contribution < 1.29 is 0 Å². The van der Waals surface area contributed by atoms with Crippen LogP contribution < -0.4 is 5.32 Å². The number of pyridine rings is 1. The van der Waals surface area contributed by atoms with Gasteiger partial charge in [0.05, 0.1) is 0 Å². The van der Waals surface area contributed by atoms with E-state index in [4.69, 9.17) is 6.42 Å². The average Bonchev–Trinajstić information content (AvgIpc) is 2.66. The Hall–Kier alpha value is -2.02. The van der Waals surface area contributed by atoms with Crippen molar-refractivity contribution in [3.8, 4) is 12.3 Å². The van der Waals surface area contributed by atoms with Gasteiger partial charge in [-0.2, -0.15) is 4.98 Å². The standard InChI is InChI=1S/C12H14N4/c1-3-4-5-7-13-12-14-11-9-10(2)6-8-16(11)15-12/h1,6,8-9H,4-5,7H2,2H3,(H,13,15). The van der Waals surface area contributed by atoms with Gasteiger partial charge in [0.2, 0.25) is 5.95 Å². The smallest absolute Gasteiger partial charge is 0.243 e. The van der Waals surface area contributed by atoms with E-state index in [1.54, 1.807) is 4.52 Å². The number of rotatable bonds is 4. The molecule has 2 rings (SSSR count). The van der Waals surface area contributed by atoms with Crippen LogP contribution in [-0.2, 0) is 0 Å². The number of fused-ring (bicyclic) bond motifs is 1. The predicted molar refractivity (Wildman–Crippen MR) is 64.3 cm³/mol. The first-order valence-corrected chi connectivity index (χ1v) is 5.30. The summed E-state index contributed by atoms with van der Waals surface area (Å²) in [6.07, 6.45) is 8.79. The summed E-state index contributed by atoms with van der Waals surface area (Å²) in [7, 11) is 0. The van der Waals surface area contributed by atoms with Crippen molar-refractivity contribution in [1.29, 1.82) is 0 Å². The third-order valence-electron chi connectivity index (χ3n) is 2.27. The lowest BCUT2D eigenvalue weighted by Crippen LogP contribution is -2.02. The van der Waals surface area contributed by atoms with Crippen LogP contribution in [0.5, 0.6) is 0 Å². The summed E-state index contributed by atoms with van der Waals surface area (Å²) in [5.41, 5.74) is 2.04. The first-order chi connectivity index (χ1) is 7.79. The minimum absolute atomic E-state index is 0.655. The summed E-state index contributed by atoms with van der Waals surface area (Å²) < 4.78 is 1.76. The molecule has 0 bridgehead atoms. The van der Waals surface area contributed by atoms with Crippen molar-refractivity contribution in [2.45, 2.75) is 19.8 Å². The number of aryl methyl sites for hydroxylation is 1. The van der Waals surface area contributed by atoms with Gasteiger partial charge in [-0.15, -0.1) is 17.4 Å². The van der Waals surface area contributed by atoms with E-state index in [2.05, 4.69) is 21.3 Å². The summed E-state index contributed by atoms with van der Waals surface area (Å²) in [5, 5.41) is 7.44. The van der Waals surface area contributed by atoms with Crippen LogP contribution in [0.2, 0.25) is 0 Å². The molecule has 0 aliphatic heterocycles. The molecule has 2 aromatic rings. The van der Waals surface area contributed by atoms with Gasteiger partial charge in [0.1, 0.15) is 0 Å². The Bertz CT molecular complexity index is 521. The number of terminal acetylenes is 1. The minimum Gasteiger partial charge on any atom is -0.353 e. The Morgan fingerprint density at radius 2 is 2.44 bits per heavy atom. The summed E-state index contributed by atoms with van der Waals surface area (Å²) in [6, 6.07) is 4.00. The Labute approximate surface area is 94.7 Å². The van der Waals surface area contributed by atoms with Gasteiger partial charge in [0.25, 0.3) is 0 Å². The maximum atomic E-state index is 5.17. The quantitative estimate of drug-likeness (QED) is 0.624. The molecule has 0 aliphatic rings. The van der Waals surface area contributed by atoms with E-state index in [-0.39, 0.29) is 0 Å². The molecule has 0 radical (unpaired) electrons. The average molecular weight is 214 g/mol. The van der Waals surface area contributed by atoms with Crippen molar-refractivity contribution in [3.63, 3.8) is 0 Å². The van der Waals surface area contributed by atoms with Crippen LogP contribution >= 0.6 is 0 Å². The Morgan fingerprint density at radius 1 is 1.56 bits per heavy atom. The summed E-state index contributed by atoms with van der Waals surface area (Å²) >= 11 is 0. The fraction of sp³-hybridized carbons (Fsp3) is 0.333. The molecule has 0 aliphatic carbocycles. The highest BCUT2D eigenvalue weighted by Gasteiger charge is 2.01. The highest BCUT2D eigenvalue weighted by atomic mass is 15.3. The molecule has 4 heteroatoms. The van der Waals surface area contributed by atoms with Crippen molar-refractivity contribution in [2.24, 2.45) is 0 Å². The van der Waals surface area contributed by atoms with Crippen LogP contribution in [-0.4, -0.2) is 21.1 Å². The molecule has 2 aromatic heterocycles. The van der Waals surface area contributed by atoms with E-state index in [1.807, 2.05) is 25.3 Å². The number of hydrogen-bond acceptors (Lipinski definition) is 3. The lowest BCUT2D eigenvalue weighted by Gasteiger charge is -1.96. The first-order valence-electron chi connectivity index (χ1n) is 5.30. The maximum absolute atomic E-state index is 5.17. The number of unbranched alkanes of at least 4 members (excludes halogenated alkanes) is 1. The molecule has 0 atom stereocenters. The van der Waals surface area contributed by atoms with E-state index in [9.17, 15) is 0 Å². The molecule has 0 aromatic carbocycles. The molecule has 82 valence electrons. The predicted octanol–water partition coefficient (Wildman–Crippen LogP) is 1.86. The highest BCUT2D eigenvalue weighted by molar-refractivity contribution is 5.45. The molecule has 2 heterocycles. The first kappa shape index (κ1) is 10.5.